The number of nitrogens with zero attached hydrogens (tertiary/aromatic N) is 1. The van der Waals surface area contributed by atoms with E-state index in [1.165, 1.54) is 25.7 Å². The predicted octanol–water partition coefficient (Wildman–Crippen LogP) is 3.54. The van der Waals surface area contributed by atoms with Gasteiger partial charge in [-0.15, -0.1) is 0 Å². The Hall–Kier alpha value is -1.37. The van der Waals surface area contributed by atoms with Crippen molar-refractivity contribution < 1.29 is 4.57 Å². The highest BCUT2D eigenvalue weighted by Gasteiger charge is 2.49. The molecule has 0 aliphatic carbocycles. The van der Waals surface area contributed by atoms with E-state index in [-0.39, 0.29) is 0 Å². The lowest BCUT2D eigenvalue weighted by Gasteiger charge is -2.32. The smallest absolute Gasteiger partial charge is 0.207 e. The zero-order valence-electron chi connectivity index (χ0n) is 12.1. The van der Waals surface area contributed by atoms with E-state index < -0.39 is 7.29 Å². The summed E-state index contributed by atoms with van der Waals surface area (Å²) in [7, 11) is -2.69. The quantitative estimate of drug-likeness (QED) is 0.808. The van der Waals surface area contributed by atoms with E-state index in [9.17, 15) is 4.57 Å². The molecule has 2 fully saturated rings. The van der Waals surface area contributed by atoms with Gasteiger partial charge in [0.05, 0.1) is 0 Å². The molecule has 2 heterocycles. The number of fused-ring (bicyclic) bond motifs is 2. The summed E-state index contributed by atoms with van der Waals surface area (Å²) >= 11 is 0. The van der Waals surface area contributed by atoms with Crippen LogP contribution in [0.5, 0.6) is 0 Å². The van der Waals surface area contributed by atoms with Crippen LogP contribution < -0.4 is 10.6 Å². The van der Waals surface area contributed by atoms with Crippen molar-refractivity contribution in [2.24, 2.45) is 0 Å². The third-order valence-electron chi connectivity index (χ3n) is 4.95. The topological polar surface area (TPSA) is 20.3 Å². The molecule has 0 atom stereocenters. The summed E-state index contributed by atoms with van der Waals surface area (Å²) in [4.78, 5) is 0. The Morgan fingerprint density at radius 1 is 0.714 bits per heavy atom. The Kier molecular flexibility index (Phi) is 3.24. The van der Waals surface area contributed by atoms with E-state index in [4.69, 9.17) is 0 Å². The number of hydrogen-bond acceptors (Lipinski definition) is 1. The van der Waals surface area contributed by atoms with Crippen molar-refractivity contribution in [2.75, 3.05) is 0 Å². The molecule has 108 valence electrons. The second-order valence-electron chi connectivity index (χ2n) is 6.09. The molecule has 2 aromatic rings. The van der Waals surface area contributed by atoms with Crippen molar-refractivity contribution in [3.8, 4) is 0 Å². The fraction of sp³-hybridized carbons (Fsp3) is 0.333. The fourth-order valence-electron chi connectivity index (χ4n) is 4.02. The lowest BCUT2D eigenvalue weighted by Crippen LogP contribution is -2.35. The minimum Gasteiger partial charge on any atom is -0.296 e. The van der Waals surface area contributed by atoms with Crippen LogP contribution in [-0.4, -0.2) is 16.8 Å². The zero-order chi connectivity index (χ0) is 14.3. The van der Waals surface area contributed by atoms with Crippen molar-refractivity contribution in [2.45, 2.75) is 37.8 Å². The normalized spacial score (nSPS) is 25.3. The highest BCUT2D eigenvalue weighted by Crippen LogP contribution is 2.58. The van der Waals surface area contributed by atoms with Crippen LogP contribution in [0.3, 0.4) is 0 Å². The summed E-state index contributed by atoms with van der Waals surface area (Å²) in [5.74, 6) is 0. The minimum atomic E-state index is -2.69. The Morgan fingerprint density at radius 2 is 1.10 bits per heavy atom. The molecule has 2 aromatic carbocycles. The molecule has 0 amide bonds. The molecule has 4 rings (SSSR count). The molecule has 0 unspecified atom stereocenters. The van der Waals surface area contributed by atoms with Gasteiger partial charge in [-0.3, -0.25) is 4.57 Å². The molecular formula is C18H20NOP. The van der Waals surface area contributed by atoms with Crippen LogP contribution >= 0.6 is 7.29 Å². The molecule has 2 bridgehead atoms. The van der Waals surface area contributed by atoms with Gasteiger partial charge >= 0.3 is 0 Å². The SMILES string of the molecule is O=P(c1ccccc1)(c1ccccc1)N1C2CCC1CC2. The molecule has 0 spiro atoms. The largest absolute Gasteiger partial charge is 0.296 e. The number of benzene rings is 2. The van der Waals surface area contributed by atoms with Crippen molar-refractivity contribution in [1.82, 2.24) is 4.67 Å². The van der Waals surface area contributed by atoms with Crippen molar-refractivity contribution >= 4 is 17.9 Å². The van der Waals surface area contributed by atoms with Gasteiger partial charge in [0.2, 0.25) is 7.29 Å². The maximum absolute atomic E-state index is 14.2. The van der Waals surface area contributed by atoms with Gasteiger partial charge in [0.1, 0.15) is 0 Å². The molecule has 2 saturated heterocycles. The predicted molar refractivity (Wildman–Crippen MR) is 87.6 cm³/mol. The van der Waals surface area contributed by atoms with Crippen LogP contribution in [-0.2, 0) is 4.57 Å². The Bertz CT molecular complexity index is 607. The van der Waals surface area contributed by atoms with Crippen LogP contribution in [0.25, 0.3) is 0 Å². The first-order valence-electron chi connectivity index (χ1n) is 7.80. The van der Waals surface area contributed by atoms with Gasteiger partial charge in [0.15, 0.2) is 0 Å². The van der Waals surface area contributed by atoms with E-state index in [2.05, 4.69) is 4.67 Å². The molecule has 0 saturated carbocycles. The molecule has 0 aromatic heterocycles. The van der Waals surface area contributed by atoms with Gasteiger partial charge in [0.25, 0.3) is 0 Å². The first-order valence-corrected chi connectivity index (χ1v) is 9.46. The summed E-state index contributed by atoms with van der Waals surface area (Å²) < 4.78 is 16.6. The minimum absolute atomic E-state index is 0.501. The van der Waals surface area contributed by atoms with Gasteiger partial charge in [0, 0.05) is 22.7 Å². The van der Waals surface area contributed by atoms with Crippen LogP contribution in [0.1, 0.15) is 25.7 Å². The Morgan fingerprint density at radius 3 is 1.48 bits per heavy atom. The van der Waals surface area contributed by atoms with Crippen molar-refractivity contribution in [3.63, 3.8) is 0 Å². The summed E-state index contributed by atoms with van der Waals surface area (Å²) in [5, 5.41) is 1.96. The standard InChI is InChI=1S/C18H20NOP/c20-21(17-7-3-1-4-8-17,18-9-5-2-6-10-18)19-15-11-12-16(19)14-13-15/h1-10,15-16H,11-14H2. The van der Waals surface area contributed by atoms with E-state index in [1.807, 2.05) is 60.7 Å². The fourth-order valence-corrected chi connectivity index (χ4v) is 7.39. The second kappa shape index (κ2) is 5.12. The van der Waals surface area contributed by atoms with E-state index in [0.717, 1.165) is 10.6 Å². The van der Waals surface area contributed by atoms with Crippen LogP contribution in [0.2, 0.25) is 0 Å². The monoisotopic (exact) mass is 297 g/mol. The summed E-state index contributed by atoms with van der Waals surface area (Å²) in [5.41, 5.74) is 0. The number of hydrogen-bond donors (Lipinski definition) is 0. The molecule has 0 N–H and O–H groups in total. The van der Waals surface area contributed by atoms with Gasteiger partial charge in [-0.25, -0.2) is 4.67 Å². The second-order valence-corrected chi connectivity index (χ2v) is 8.74. The lowest BCUT2D eigenvalue weighted by atomic mass is 10.0. The maximum Gasteiger partial charge on any atom is 0.207 e. The molecule has 2 nitrogen and oxygen atoms in total. The van der Waals surface area contributed by atoms with Crippen LogP contribution in [0.15, 0.2) is 60.7 Å². The van der Waals surface area contributed by atoms with Gasteiger partial charge in [-0.2, -0.15) is 0 Å². The average molecular weight is 297 g/mol. The van der Waals surface area contributed by atoms with E-state index in [1.54, 1.807) is 0 Å². The van der Waals surface area contributed by atoms with E-state index in [0.29, 0.717) is 12.1 Å². The third kappa shape index (κ3) is 2.01. The van der Waals surface area contributed by atoms with Crippen molar-refractivity contribution in [3.05, 3.63) is 60.7 Å². The third-order valence-corrected chi connectivity index (χ3v) is 8.25. The first-order chi connectivity index (χ1) is 10.3. The first kappa shape index (κ1) is 13.3. The molecule has 3 heteroatoms. The van der Waals surface area contributed by atoms with Crippen LogP contribution in [0, 0.1) is 0 Å². The molecule has 0 radical (unpaired) electrons. The maximum atomic E-state index is 14.2. The Labute approximate surface area is 126 Å². The highest BCUT2D eigenvalue weighted by atomic mass is 31.2. The highest BCUT2D eigenvalue weighted by molar-refractivity contribution is 7.76. The van der Waals surface area contributed by atoms with Gasteiger partial charge in [-0.1, -0.05) is 36.4 Å². The number of rotatable bonds is 3. The summed E-state index contributed by atoms with van der Waals surface area (Å²) in [6, 6.07) is 21.1. The molecular weight excluding hydrogens is 277 g/mol. The molecule has 21 heavy (non-hydrogen) atoms. The molecule has 2 aliphatic rings. The van der Waals surface area contributed by atoms with E-state index >= 15 is 0 Å². The lowest BCUT2D eigenvalue weighted by molar-refractivity contribution is 0.406. The summed E-state index contributed by atoms with van der Waals surface area (Å²) in [6.45, 7) is 0. The van der Waals surface area contributed by atoms with Gasteiger partial charge < -0.3 is 0 Å². The van der Waals surface area contributed by atoms with Crippen molar-refractivity contribution in [1.29, 1.82) is 0 Å². The molecule has 2 aliphatic heterocycles. The summed E-state index contributed by atoms with van der Waals surface area (Å²) in [6.07, 6.45) is 4.81. The van der Waals surface area contributed by atoms with Crippen LogP contribution in [0.4, 0.5) is 0 Å². The Balaban J connectivity index is 1.89. The van der Waals surface area contributed by atoms with Gasteiger partial charge in [-0.05, 0) is 49.9 Å². The average Bonchev–Trinajstić information content (AvgIpc) is 3.17. The zero-order valence-corrected chi connectivity index (χ0v) is 13.0.